The number of carbonyl (C=O) groups is 1. The minimum absolute atomic E-state index is 0. The van der Waals surface area contributed by atoms with Crippen LogP contribution in [0.3, 0.4) is 0 Å². The van der Waals surface area contributed by atoms with E-state index in [0.717, 1.165) is 39.4 Å². The van der Waals surface area contributed by atoms with E-state index in [1.165, 1.54) is 23.5 Å². The third kappa shape index (κ3) is 7.05. The summed E-state index contributed by atoms with van der Waals surface area (Å²) in [5, 5.41) is 1.36. The molecule has 168 valence electrons. The minimum atomic E-state index is -0.239. The van der Waals surface area contributed by atoms with E-state index in [1.807, 2.05) is 33.2 Å². The van der Waals surface area contributed by atoms with Crippen LogP contribution >= 0.6 is 47.1 Å². The van der Waals surface area contributed by atoms with Gasteiger partial charge in [0.2, 0.25) is 5.91 Å². The van der Waals surface area contributed by atoms with Crippen LogP contribution in [-0.4, -0.2) is 48.7 Å². The second-order valence-electron chi connectivity index (χ2n) is 7.29. The zero-order valence-electron chi connectivity index (χ0n) is 17.7. The molecular formula is C22H26Cl2FN3OS2. The van der Waals surface area contributed by atoms with Gasteiger partial charge in [-0.2, -0.15) is 0 Å². The maximum Gasteiger partial charge on any atom is 0.228 e. The number of halogens is 3. The Morgan fingerprint density at radius 2 is 1.87 bits per heavy atom. The lowest BCUT2D eigenvalue weighted by Gasteiger charge is -2.22. The molecule has 1 aromatic heterocycles. The Labute approximate surface area is 202 Å². The summed E-state index contributed by atoms with van der Waals surface area (Å²) in [6, 6.07) is 10.3. The van der Waals surface area contributed by atoms with E-state index < -0.39 is 0 Å². The van der Waals surface area contributed by atoms with Crippen molar-refractivity contribution in [3.63, 3.8) is 0 Å². The molecule has 31 heavy (non-hydrogen) atoms. The second kappa shape index (κ2) is 12.0. The van der Waals surface area contributed by atoms with Gasteiger partial charge in [0.1, 0.15) is 5.82 Å². The van der Waals surface area contributed by atoms with Crippen LogP contribution in [0.25, 0.3) is 10.2 Å². The van der Waals surface area contributed by atoms with Crippen LogP contribution in [0.1, 0.15) is 18.4 Å². The Hall–Kier alpha value is -1.38. The number of carbonyl (C=O) groups excluding carboxylic acids is 1. The number of thioether (sulfide) groups is 1. The van der Waals surface area contributed by atoms with Gasteiger partial charge in [-0.3, -0.25) is 9.69 Å². The monoisotopic (exact) mass is 501 g/mol. The molecule has 0 N–H and O–H groups in total. The Kier molecular flexibility index (Phi) is 10.0. The molecule has 9 heteroatoms. The van der Waals surface area contributed by atoms with Gasteiger partial charge in [0.25, 0.3) is 0 Å². The number of amides is 1. The lowest BCUT2D eigenvalue weighted by molar-refractivity contribution is -0.118. The first kappa shape index (κ1) is 25.9. The Bertz CT molecular complexity index is 973. The van der Waals surface area contributed by atoms with Crippen molar-refractivity contribution in [1.82, 2.24) is 9.88 Å². The highest BCUT2D eigenvalue weighted by atomic mass is 35.5. The number of fused-ring (bicyclic) bond motifs is 1. The number of hydrogen-bond donors (Lipinski definition) is 0. The fraction of sp³-hybridized carbons (Fsp3) is 0.364. The van der Waals surface area contributed by atoms with Crippen LogP contribution in [0.5, 0.6) is 0 Å². The van der Waals surface area contributed by atoms with E-state index in [9.17, 15) is 9.18 Å². The molecule has 2 aromatic carbocycles. The number of hydrogen-bond acceptors (Lipinski definition) is 5. The van der Waals surface area contributed by atoms with Crippen molar-refractivity contribution >= 4 is 68.4 Å². The summed E-state index contributed by atoms with van der Waals surface area (Å²) in [4.78, 5) is 22.6. The average molecular weight is 503 g/mol. The highest BCUT2D eigenvalue weighted by molar-refractivity contribution is 7.99. The normalized spacial score (nSPS) is 11.0. The molecule has 1 amide bonds. The van der Waals surface area contributed by atoms with Crippen molar-refractivity contribution in [1.29, 1.82) is 0 Å². The van der Waals surface area contributed by atoms with E-state index in [1.54, 1.807) is 28.8 Å². The van der Waals surface area contributed by atoms with Gasteiger partial charge in [0.05, 0.1) is 15.2 Å². The van der Waals surface area contributed by atoms with E-state index in [2.05, 4.69) is 4.90 Å². The van der Waals surface area contributed by atoms with Crippen molar-refractivity contribution in [3.05, 3.63) is 52.8 Å². The van der Waals surface area contributed by atoms with Crippen LogP contribution < -0.4 is 4.90 Å². The summed E-state index contributed by atoms with van der Waals surface area (Å²) in [7, 11) is 3.97. The highest BCUT2D eigenvalue weighted by Crippen LogP contribution is 2.36. The molecule has 3 aromatic rings. The largest absolute Gasteiger partial charge is 0.308 e. The average Bonchev–Trinajstić information content (AvgIpc) is 3.16. The topological polar surface area (TPSA) is 36.4 Å². The van der Waals surface area contributed by atoms with Gasteiger partial charge in [-0.15, -0.1) is 24.2 Å². The molecule has 0 saturated heterocycles. The predicted octanol–water partition coefficient (Wildman–Crippen LogP) is 6.29. The maximum absolute atomic E-state index is 13.0. The van der Waals surface area contributed by atoms with E-state index >= 15 is 0 Å². The van der Waals surface area contributed by atoms with Gasteiger partial charge >= 0.3 is 0 Å². The summed E-state index contributed by atoms with van der Waals surface area (Å²) in [5.41, 5.74) is 1.91. The number of aryl methyl sites for hydroxylation is 1. The Morgan fingerprint density at radius 3 is 2.52 bits per heavy atom. The van der Waals surface area contributed by atoms with Crippen molar-refractivity contribution in [2.24, 2.45) is 0 Å². The molecule has 0 unspecified atom stereocenters. The third-order valence-electron chi connectivity index (χ3n) is 4.61. The number of anilines is 1. The first-order valence-electron chi connectivity index (χ1n) is 9.74. The summed E-state index contributed by atoms with van der Waals surface area (Å²) in [5.74, 6) is 0.616. The van der Waals surface area contributed by atoms with E-state index in [4.69, 9.17) is 16.6 Å². The van der Waals surface area contributed by atoms with Crippen LogP contribution in [0.15, 0.2) is 41.3 Å². The molecule has 0 bridgehead atoms. The van der Waals surface area contributed by atoms with Crippen molar-refractivity contribution in [2.75, 3.05) is 37.8 Å². The molecule has 0 fully saturated rings. The maximum atomic E-state index is 13.0. The Balaban J connectivity index is 0.00000341. The summed E-state index contributed by atoms with van der Waals surface area (Å²) in [6.07, 6.45) is 1.17. The molecule has 0 aliphatic rings. The lowest BCUT2D eigenvalue weighted by atomic mass is 10.2. The summed E-state index contributed by atoms with van der Waals surface area (Å²) >= 11 is 9.45. The fourth-order valence-corrected chi connectivity index (χ4v) is 5.13. The quantitative estimate of drug-likeness (QED) is 0.255. The number of nitrogens with zero attached hydrogens (tertiary/aromatic N) is 3. The van der Waals surface area contributed by atoms with Gasteiger partial charge < -0.3 is 4.90 Å². The molecule has 0 radical (unpaired) electrons. The highest BCUT2D eigenvalue weighted by Gasteiger charge is 2.21. The molecule has 0 saturated carbocycles. The van der Waals surface area contributed by atoms with Gasteiger partial charge in [0.15, 0.2) is 5.13 Å². The number of aromatic nitrogens is 1. The summed E-state index contributed by atoms with van der Waals surface area (Å²) < 4.78 is 13.9. The van der Waals surface area contributed by atoms with Gasteiger partial charge in [-0.05, 0) is 69.1 Å². The summed E-state index contributed by atoms with van der Waals surface area (Å²) in [6.45, 7) is 3.33. The smallest absolute Gasteiger partial charge is 0.228 e. The van der Waals surface area contributed by atoms with Gasteiger partial charge in [-0.25, -0.2) is 9.37 Å². The first-order valence-corrected chi connectivity index (χ1v) is 11.9. The van der Waals surface area contributed by atoms with Gasteiger partial charge in [-0.1, -0.05) is 29.0 Å². The second-order valence-corrected chi connectivity index (χ2v) is 9.85. The van der Waals surface area contributed by atoms with Crippen molar-refractivity contribution < 1.29 is 9.18 Å². The molecule has 0 aliphatic heterocycles. The van der Waals surface area contributed by atoms with E-state index in [-0.39, 0.29) is 24.1 Å². The van der Waals surface area contributed by atoms with Crippen molar-refractivity contribution in [2.45, 2.75) is 24.7 Å². The standard InChI is InChI=1S/C22H25ClFN3OS2.ClH/c1-15-6-11-18(23)21-20(15)25-22(30-21)27(13-12-26(2)3)19(28)5-4-14-29-17-9-7-16(24)8-10-17;/h6-11H,4-5,12-14H2,1-3H3;1H. The molecule has 0 aliphatic carbocycles. The predicted molar refractivity (Wildman–Crippen MR) is 134 cm³/mol. The van der Waals surface area contributed by atoms with E-state index in [0.29, 0.717) is 23.1 Å². The number of likely N-dealkylation sites (N-methyl/N-ethyl adjacent to an activating group) is 1. The van der Waals surface area contributed by atoms with Crippen LogP contribution in [0.4, 0.5) is 9.52 Å². The first-order chi connectivity index (χ1) is 14.3. The number of rotatable bonds is 9. The lowest BCUT2D eigenvalue weighted by Crippen LogP contribution is -2.36. The minimum Gasteiger partial charge on any atom is -0.308 e. The van der Waals surface area contributed by atoms with Crippen molar-refractivity contribution in [3.8, 4) is 0 Å². The molecule has 1 heterocycles. The molecular weight excluding hydrogens is 476 g/mol. The Morgan fingerprint density at radius 1 is 1.16 bits per heavy atom. The molecule has 4 nitrogen and oxygen atoms in total. The van der Waals surface area contributed by atoms with Gasteiger partial charge in [0, 0.05) is 24.4 Å². The van der Waals surface area contributed by atoms with Crippen LogP contribution in [-0.2, 0) is 4.79 Å². The number of thiazole rings is 1. The third-order valence-corrected chi connectivity index (χ3v) is 7.24. The molecule has 3 rings (SSSR count). The van der Waals surface area contributed by atoms with Crippen LogP contribution in [0, 0.1) is 12.7 Å². The number of benzene rings is 2. The fourth-order valence-electron chi connectivity index (χ4n) is 2.91. The van der Waals surface area contributed by atoms with Crippen LogP contribution in [0.2, 0.25) is 5.02 Å². The zero-order chi connectivity index (χ0) is 21.7. The molecule has 0 atom stereocenters. The zero-order valence-corrected chi connectivity index (χ0v) is 20.9. The molecule has 0 spiro atoms. The SMILES string of the molecule is Cc1ccc(Cl)c2sc(N(CCN(C)C)C(=O)CCCSc3ccc(F)cc3)nc12.Cl.